The largest absolute Gasteiger partial charge is 0.360 e. The Hall–Kier alpha value is -3.19. The van der Waals surface area contributed by atoms with Crippen LogP contribution in [0.1, 0.15) is 15.9 Å². The van der Waals surface area contributed by atoms with Gasteiger partial charge in [-0.3, -0.25) is 14.5 Å². The Morgan fingerprint density at radius 1 is 1.24 bits per heavy atom. The maximum absolute atomic E-state index is 12.4. The number of fused-ring (bicyclic) bond motifs is 1. The Kier molecular flexibility index (Phi) is 3.70. The Bertz CT molecular complexity index is 940. The number of benzene rings is 1. The van der Waals surface area contributed by atoms with Gasteiger partial charge in [-0.1, -0.05) is 24.8 Å². The highest BCUT2D eigenvalue weighted by molar-refractivity contribution is 7.14. The van der Waals surface area contributed by atoms with Crippen molar-refractivity contribution < 1.29 is 9.59 Å². The van der Waals surface area contributed by atoms with Crippen LogP contribution in [0.15, 0.2) is 54.6 Å². The van der Waals surface area contributed by atoms with Gasteiger partial charge in [0, 0.05) is 28.4 Å². The molecule has 2 amide bonds. The van der Waals surface area contributed by atoms with Crippen LogP contribution in [0.3, 0.4) is 0 Å². The third kappa shape index (κ3) is 2.74. The molecular weight excluding hydrogens is 336 g/mol. The second-order valence-corrected chi connectivity index (χ2v) is 6.41. The molecule has 0 unspecified atom stereocenters. The molecule has 0 bridgehead atoms. The normalized spacial score (nSPS) is 13.2. The first kappa shape index (κ1) is 15.3. The maximum atomic E-state index is 12.4. The fourth-order valence-corrected chi connectivity index (χ4v) is 3.48. The molecular formula is C18H14N4O2S. The first-order valence-corrected chi connectivity index (χ1v) is 8.51. The van der Waals surface area contributed by atoms with Crippen molar-refractivity contribution in [1.29, 1.82) is 0 Å². The van der Waals surface area contributed by atoms with Gasteiger partial charge >= 0.3 is 0 Å². The monoisotopic (exact) mass is 350 g/mol. The zero-order chi connectivity index (χ0) is 17.4. The maximum Gasteiger partial charge on any atom is 0.259 e. The third-order valence-electron chi connectivity index (χ3n) is 3.97. The van der Waals surface area contributed by atoms with E-state index in [0.717, 1.165) is 17.0 Å². The molecule has 3 heterocycles. The van der Waals surface area contributed by atoms with Crippen LogP contribution in [0.25, 0.3) is 17.1 Å². The number of nitrogens with zero attached hydrogens (tertiary/aromatic N) is 2. The van der Waals surface area contributed by atoms with Crippen molar-refractivity contribution in [2.45, 2.75) is 0 Å². The molecule has 1 aliphatic rings. The standard InChI is InChI=1S/C18H14N4O2S/c1-11-12-5-2-3-6-13(12)17(24)22(11)9-16(23)21-18-20-15(10-25-18)14-7-4-8-19-14/h2-8,10,19H,1,9H2,(H,20,21,23). The van der Waals surface area contributed by atoms with Crippen LogP contribution >= 0.6 is 11.3 Å². The van der Waals surface area contributed by atoms with Gasteiger partial charge in [0.15, 0.2) is 5.13 Å². The molecule has 6 nitrogen and oxygen atoms in total. The number of thiazole rings is 1. The molecule has 4 rings (SSSR count). The van der Waals surface area contributed by atoms with Gasteiger partial charge in [-0.25, -0.2) is 4.98 Å². The van der Waals surface area contributed by atoms with E-state index in [1.54, 1.807) is 12.1 Å². The summed E-state index contributed by atoms with van der Waals surface area (Å²) in [5, 5.41) is 5.09. The second-order valence-electron chi connectivity index (χ2n) is 5.55. The molecule has 0 aliphatic carbocycles. The number of amides is 2. The number of carbonyl (C=O) groups excluding carboxylic acids is 2. The van der Waals surface area contributed by atoms with Crippen molar-refractivity contribution in [3.05, 3.63) is 65.7 Å². The summed E-state index contributed by atoms with van der Waals surface area (Å²) in [5.41, 5.74) is 3.53. The molecule has 0 atom stereocenters. The third-order valence-corrected chi connectivity index (χ3v) is 4.72. The van der Waals surface area contributed by atoms with Crippen molar-refractivity contribution in [1.82, 2.24) is 14.9 Å². The Morgan fingerprint density at radius 2 is 2.04 bits per heavy atom. The summed E-state index contributed by atoms with van der Waals surface area (Å²) in [6.45, 7) is 3.84. The average Bonchev–Trinajstić information content (AvgIpc) is 3.33. The Labute approximate surface area is 147 Å². The molecule has 1 aromatic carbocycles. The number of hydrogen-bond donors (Lipinski definition) is 2. The summed E-state index contributed by atoms with van der Waals surface area (Å²) in [5.74, 6) is -0.517. The lowest BCUT2D eigenvalue weighted by Crippen LogP contribution is -2.32. The summed E-state index contributed by atoms with van der Waals surface area (Å²) < 4.78 is 0. The molecule has 0 spiro atoms. The topological polar surface area (TPSA) is 78.1 Å². The smallest absolute Gasteiger partial charge is 0.259 e. The van der Waals surface area contributed by atoms with Crippen LogP contribution in [0.4, 0.5) is 5.13 Å². The molecule has 1 aliphatic heterocycles. The molecule has 2 N–H and O–H groups in total. The van der Waals surface area contributed by atoms with Gasteiger partial charge < -0.3 is 10.3 Å². The molecule has 124 valence electrons. The zero-order valence-corrected chi connectivity index (χ0v) is 14.0. The molecule has 2 aromatic heterocycles. The minimum atomic E-state index is -0.310. The highest BCUT2D eigenvalue weighted by Gasteiger charge is 2.31. The fourth-order valence-electron chi connectivity index (χ4n) is 2.75. The minimum Gasteiger partial charge on any atom is -0.360 e. The highest BCUT2D eigenvalue weighted by Crippen LogP contribution is 2.31. The van der Waals surface area contributed by atoms with Crippen molar-refractivity contribution in [3.63, 3.8) is 0 Å². The van der Waals surface area contributed by atoms with Crippen molar-refractivity contribution in [2.24, 2.45) is 0 Å². The van der Waals surface area contributed by atoms with Gasteiger partial charge in [0.1, 0.15) is 6.54 Å². The van der Waals surface area contributed by atoms with Crippen LogP contribution in [-0.4, -0.2) is 33.2 Å². The van der Waals surface area contributed by atoms with Crippen LogP contribution in [0.2, 0.25) is 0 Å². The van der Waals surface area contributed by atoms with Crippen molar-refractivity contribution >= 4 is 34.0 Å². The lowest BCUT2D eigenvalue weighted by molar-refractivity contribution is -0.116. The minimum absolute atomic E-state index is 0.0935. The number of aromatic amines is 1. The van der Waals surface area contributed by atoms with Crippen molar-refractivity contribution in [3.8, 4) is 11.4 Å². The van der Waals surface area contributed by atoms with Crippen LogP contribution < -0.4 is 5.32 Å². The van der Waals surface area contributed by atoms with Crippen LogP contribution in [0.5, 0.6) is 0 Å². The second kappa shape index (κ2) is 6.03. The summed E-state index contributed by atoms with van der Waals surface area (Å²) >= 11 is 1.33. The van der Waals surface area contributed by atoms with E-state index in [9.17, 15) is 9.59 Å². The number of hydrogen-bond acceptors (Lipinski definition) is 4. The molecule has 0 fully saturated rings. The van der Waals surface area contributed by atoms with E-state index in [1.165, 1.54) is 16.2 Å². The van der Waals surface area contributed by atoms with Gasteiger partial charge in [-0.15, -0.1) is 11.3 Å². The molecule has 0 radical (unpaired) electrons. The van der Waals surface area contributed by atoms with Crippen LogP contribution in [-0.2, 0) is 4.79 Å². The first-order chi connectivity index (χ1) is 12.1. The Balaban J connectivity index is 1.45. The number of H-pyrrole nitrogens is 1. The first-order valence-electron chi connectivity index (χ1n) is 7.63. The van der Waals surface area contributed by atoms with E-state index in [4.69, 9.17) is 0 Å². The zero-order valence-electron chi connectivity index (χ0n) is 13.2. The fraction of sp³-hybridized carbons (Fsp3) is 0.0556. The molecule has 25 heavy (non-hydrogen) atoms. The van der Waals surface area contributed by atoms with Gasteiger partial charge in [0.25, 0.3) is 5.91 Å². The van der Waals surface area contributed by atoms with Crippen molar-refractivity contribution in [2.75, 3.05) is 11.9 Å². The summed E-state index contributed by atoms with van der Waals surface area (Å²) in [4.78, 5) is 33.6. The van der Waals surface area contributed by atoms with E-state index in [0.29, 0.717) is 16.4 Å². The van der Waals surface area contributed by atoms with E-state index < -0.39 is 0 Å². The molecule has 7 heteroatoms. The van der Waals surface area contributed by atoms with Gasteiger partial charge in [-0.2, -0.15) is 0 Å². The van der Waals surface area contributed by atoms with Gasteiger partial charge in [0.2, 0.25) is 5.91 Å². The summed E-state index contributed by atoms with van der Waals surface area (Å²) in [7, 11) is 0. The number of aromatic nitrogens is 2. The molecule has 3 aromatic rings. The SMILES string of the molecule is C=C1c2ccccc2C(=O)N1CC(=O)Nc1nc(-c2ccc[nH]2)cs1. The number of anilines is 1. The van der Waals surface area contributed by atoms with Crippen LogP contribution in [0, 0.1) is 0 Å². The predicted octanol–water partition coefficient (Wildman–Crippen LogP) is 3.20. The molecule has 0 saturated heterocycles. The van der Waals surface area contributed by atoms with E-state index >= 15 is 0 Å². The van der Waals surface area contributed by atoms with Gasteiger partial charge in [0.05, 0.1) is 11.4 Å². The Morgan fingerprint density at radius 3 is 2.76 bits per heavy atom. The van der Waals surface area contributed by atoms with E-state index in [2.05, 4.69) is 21.9 Å². The lowest BCUT2D eigenvalue weighted by atomic mass is 10.1. The number of rotatable bonds is 4. The summed E-state index contributed by atoms with van der Waals surface area (Å²) in [6, 6.07) is 11.0. The predicted molar refractivity (Wildman–Crippen MR) is 97.0 cm³/mol. The van der Waals surface area contributed by atoms with E-state index in [1.807, 2.05) is 35.8 Å². The number of nitrogens with one attached hydrogen (secondary N) is 2. The number of carbonyl (C=O) groups is 2. The lowest BCUT2D eigenvalue weighted by Gasteiger charge is -2.16. The molecule has 0 saturated carbocycles. The quantitative estimate of drug-likeness (QED) is 0.758. The average molecular weight is 350 g/mol. The highest BCUT2D eigenvalue weighted by atomic mass is 32.1. The van der Waals surface area contributed by atoms with E-state index in [-0.39, 0.29) is 18.4 Å². The van der Waals surface area contributed by atoms with Gasteiger partial charge in [-0.05, 0) is 18.2 Å². The summed E-state index contributed by atoms with van der Waals surface area (Å²) in [6.07, 6.45) is 1.81.